The second-order valence-corrected chi connectivity index (χ2v) is 4.08. The molecule has 0 aliphatic carbocycles. The minimum absolute atomic E-state index is 0.722. The van der Waals surface area contributed by atoms with Crippen molar-refractivity contribution in [2.45, 2.75) is 32.7 Å². The highest BCUT2D eigenvalue weighted by Crippen LogP contribution is 2.07. The lowest BCUT2D eigenvalue weighted by Gasteiger charge is -2.24. The predicted molar refractivity (Wildman–Crippen MR) is 58.0 cm³/mol. The zero-order valence-electron chi connectivity index (χ0n) is 8.97. The molecular weight excluding hydrogens is 160 g/mol. The van der Waals surface area contributed by atoms with Crippen LogP contribution < -0.4 is 5.32 Å². The molecule has 0 bridgehead atoms. The number of rotatable bonds is 5. The van der Waals surface area contributed by atoms with Gasteiger partial charge in [0, 0.05) is 19.1 Å². The molecule has 1 N–H and O–H groups in total. The first kappa shape index (κ1) is 10.7. The van der Waals surface area contributed by atoms with E-state index in [-0.39, 0.29) is 0 Å². The molecule has 0 radical (unpaired) electrons. The molecule has 0 aromatic carbocycles. The van der Waals surface area contributed by atoms with Crippen LogP contribution in [0.25, 0.3) is 0 Å². The molecule has 76 valence electrons. The van der Waals surface area contributed by atoms with Gasteiger partial charge in [-0.3, -0.25) is 4.90 Å². The molecule has 1 aliphatic heterocycles. The quantitative estimate of drug-likeness (QED) is 0.650. The Kier molecular flexibility index (Phi) is 4.46. The van der Waals surface area contributed by atoms with Gasteiger partial charge in [0.15, 0.2) is 0 Å². The lowest BCUT2D eigenvalue weighted by atomic mass is 10.2. The Morgan fingerprint density at radius 1 is 1.62 bits per heavy atom. The lowest BCUT2D eigenvalue weighted by Crippen LogP contribution is -2.38. The largest absolute Gasteiger partial charge is 0.313 e. The molecule has 0 amide bonds. The molecule has 0 aromatic rings. The first-order valence-electron chi connectivity index (χ1n) is 5.32. The smallest absolute Gasteiger partial charge is 0.0195 e. The second-order valence-electron chi connectivity index (χ2n) is 4.08. The minimum atomic E-state index is 0.722. The SMILES string of the molecule is C=C(C)CN(CC)CC1CCCN1. The van der Waals surface area contributed by atoms with Gasteiger partial charge in [0.2, 0.25) is 0 Å². The molecular formula is C11H22N2. The second kappa shape index (κ2) is 5.40. The van der Waals surface area contributed by atoms with Gasteiger partial charge in [0.05, 0.1) is 0 Å². The zero-order chi connectivity index (χ0) is 9.68. The van der Waals surface area contributed by atoms with E-state index in [1.54, 1.807) is 0 Å². The van der Waals surface area contributed by atoms with Gasteiger partial charge in [0.1, 0.15) is 0 Å². The Bertz CT molecular complexity index is 159. The summed E-state index contributed by atoms with van der Waals surface area (Å²) in [4.78, 5) is 2.46. The van der Waals surface area contributed by atoms with Gasteiger partial charge >= 0.3 is 0 Å². The minimum Gasteiger partial charge on any atom is -0.313 e. The lowest BCUT2D eigenvalue weighted by molar-refractivity contribution is 0.281. The van der Waals surface area contributed by atoms with E-state index in [0.29, 0.717) is 0 Å². The van der Waals surface area contributed by atoms with Crippen LogP contribution >= 0.6 is 0 Å². The average molecular weight is 182 g/mol. The van der Waals surface area contributed by atoms with Crippen LogP contribution in [0.15, 0.2) is 12.2 Å². The summed E-state index contributed by atoms with van der Waals surface area (Å²) in [5.41, 5.74) is 1.26. The summed E-state index contributed by atoms with van der Waals surface area (Å²) in [5, 5.41) is 3.52. The van der Waals surface area contributed by atoms with Crippen molar-refractivity contribution in [2.75, 3.05) is 26.2 Å². The predicted octanol–water partition coefficient (Wildman–Crippen LogP) is 1.64. The molecule has 1 atom stereocenters. The van der Waals surface area contributed by atoms with Crippen LogP contribution in [0.4, 0.5) is 0 Å². The molecule has 1 rings (SSSR count). The third kappa shape index (κ3) is 3.92. The zero-order valence-corrected chi connectivity index (χ0v) is 8.97. The average Bonchev–Trinajstić information content (AvgIpc) is 2.55. The van der Waals surface area contributed by atoms with Crippen LogP contribution in [0, 0.1) is 0 Å². The maximum Gasteiger partial charge on any atom is 0.0195 e. The van der Waals surface area contributed by atoms with Crippen molar-refractivity contribution in [1.29, 1.82) is 0 Å². The van der Waals surface area contributed by atoms with Gasteiger partial charge in [-0.2, -0.15) is 0 Å². The summed E-state index contributed by atoms with van der Waals surface area (Å²) in [6.07, 6.45) is 2.68. The molecule has 1 unspecified atom stereocenters. The molecule has 1 aliphatic rings. The van der Waals surface area contributed by atoms with Crippen LogP contribution in [0.5, 0.6) is 0 Å². The first-order chi connectivity index (χ1) is 6.22. The van der Waals surface area contributed by atoms with Gasteiger partial charge in [-0.25, -0.2) is 0 Å². The van der Waals surface area contributed by atoms with E-state index >= 15 is 0 Å². The summed E-state index contributed by atoms with van der Waals surface area (Å²) < 4.78 is 0. The molecule has 1 fully saturated rings. The van der Waals surface area contributed by atoms with Crippen molar-refractivity contribution in [3.05, 3.63) is 12.2 Å². The van der Waals surface area contributed by atoms with Crippen molar-refractivity contribution >= 4 is 0 Å². The molecule has 0 aromatic heterocycles. The van der Waals surface area contributed by atoms with Crippen molar-refractivity contribution < 1.29 is 0 Å². The van der Waals surface area contributed by atoms with Gasteiger partial charge < -0.3 is 5.32 Å². The number of nitrogens with one attached hydrogen (secondary N) is 1. The third-order valence-electron chi connectivity index (χ3n) is 2.58. The van der Waals surface area contributed by atoms with Gasteiger partial charge in [-0.05, 0) is 32.9 Å². The Hall–Kier alpha value is -0.340. The molecule has 0 spiro atoms. The fraction of sp³-hybridized carbons (Fsp3) is 0.818. The Morgan fingerprint density at radius 2 is 2.38 bits per heavy atom. The third-order valence-corrected chi connectivity index (χ3v) is 2.58. The highest BCUT2D eigenvalue weighted by Gasteiger charge is 2.16. The highest BCUT2D eigenvalue weighted by molar-refractivity contribution is 4.92. The van der Waals surface area contributed by atoms with E-state index < -0.39 is 0 Å². The van der Waals surface area contributed by atoms with Crippen molar-refractivity contribution in [3.63, 3.8) is 0 Å². The van der Waals surface area contributed by atoms with E-state index in [4.69, 9.17) is 0 Å². The van der Waals surface area contributed by atoms with Crippen LogP contribution in [0.2, 0.25) is 0 Å². The van der Waals surface area contributed by atoms with Gasteiger partial charge in [0.25, 0.3) is 0 Å². The van der Waals surface area contributed by atoms with Gasteiger partial charge in [-0.1, -0.05) is 19.1 Å². The Balaban J connectivity index is 2.25. The molecule has 0 saturated carbocycles. The van der Waals surface area contributed by atoms with Crippen molar-refractivity contribution in [3.8, 4) is 0 Å². The van der Waals surface area contributed by atoms with Gasteiger partial charge in [-0.15, -0.1) is 0 Å². The van der Waals surface area contributed by atoms with E-state index in [1.165, 1.54) is 31.5 Å². The van der Waals surface area contributed by atoms with Crippen LogP contribution in [0.3, 0.4) is 0 Å². The van der Waals surface area contributed by atoms with E-state index in [9.17, 15) is 0 Å². The Morgan fingerprint density at radius 3 is 2.85 bits per heavy atom. The summed E-state index contributed by atoms with van der Waals surface area (Å²) in [7, 11) is 0. The molecule has 2 nitrogen and oxygen atoms in total. The highest BCUT2D eigenvalue weighted by atomic mass is 15.1. The topological polar surface area (TPSA) is 15.3 Å². The molecule has 13 heavy (non-hydrogen) atoms. The molecule has 1 heterocycles. The number of nitrogens with zero attached hydrogens (tertiary/aromatic N) is 1. The monoisotopic (exact) mass is 182 g/mol. The molecule has 2 heteroatoms. The number of likely N-dealkylation sites (N-methyl/N-ethyl adjacent to an activating group) is 1. The van der Waals surface area contributed by atoms with Crippen molar-refractivity contribution in [1.82, 2.24) is 10.2 Å². The summed E-state index contributed by atoms with van der Waals surface area (Å²) in [5.74, 6) is 0. The number of hydrogen-bond donors (Lipinski definition) is 1. The van der Waals surface area contributed by atoms with E-state index in [0.717, 1.165) is 19.1 Å². The fourth-order valence-electron chi connectivity index (χ4n) is 1.91. The summed E-state index contributed by atoms with van der Waals surface area (Å²) >= 11 is 0. The standard InChI is InChI=1S/C11H22N2/c1-4-13(8-10(2)3)9-11-6-5-7-12-11/h11-12H,2,4-9H2,1,3H3. The number of hydrogen-bond acceptors (Lipinski definition) is 2. The fourth-order valence-corrected chi connectivity index (χ4v) is 1.91. The maximum atomic E-state index is 3.96. The molecule has 1 saturated heterocycles. The summed E-state index contributed by atoms with van der Waals surface area (Å²) in [6.45, 7) is 12.8. The van der Waals surface area contributed by atoms with Crippen molar-refractivity contribution in [2.24, 2.45) is 0 Å². The van der Waals surface area contributed by atoms with Crippen LogP contribution in [-0.2, 0) is 0 Å². The first-order valence-corrected chi connectivity index (χ1v) is 5.32. The maximum absolute atomic E-state index is 3.96. The summed E-state index contributed by atoms with van der Waals surface area (Å²) in [6, 6.07) is 0.722. The normalized spacial score (nSPS) is 22.5. The van der Waals surface area contributed by atoms with E-state index in [1.807, 2.05) is 0 Å². The van der Waals surface area contributed by atoms with Crippen LogP contribution in [-0.4, -0.2) is 37.1 Å². The van der Waals surface area contributed by atoms with Crippen LogP contribution in [0.1, 0.15) is 26.7 Å². The Labute approximate surface area is 82.0 Å². The van der Waals surface area contributed by atoms with E-state index in [2.05, 4.69) is 30.6 Å².